The first-order valence-electron chi connectivity index (χ1n) is 7.35. The second kappa shape index (κ2) is 6.08. The molecule has 2 heteroatoms. The molecule has 2 rings (SSSR count). The van der Waals surface area contributed by atoms with Crippen LogP contribution in [0.25, 0.3) is 0 Å². The van der Waals surface area contributed by atoms with E-state index in [1.807, 2.05) is 13.0 Å². The molecule has 106 valence electrons. The van der Waals surface area contributed by atoms with Crippen LogP contribution in [0.5, 0.6) is 0 Å². The van der Waals surface area contributed by atoms with Crippen LogP contribution >= 0.6 is 0 Å². The Morgan fingerprint density at radius 2 is 1.65 bits per heavy atom. The summed E-state index contributed by atoms with van der Waals surface area (Å²) < 4.78 is 5.39. The molecule has 0 unspecified atom stereocenters. The Morgan fingerprint density at radius 3 is 2.05 bits per heavy atom. The molecule has 1 aromatic carbocycles. The minimum atomic E-state index is 0.0175. The number of ketones is 1. The van der Waals surface area contributed by atoms with E-state index < -0.39 is 0 Å². The van der Waals surface area contributed by atoms with Crippen molar-refractivity contribution in [2.75, 3.05) is 0 Å². The molecule has 2 nitrogen and oxygen atoms in total. The van der Waals surface area contributed by atoms with Crippen molar-refractivity contribution in [1.29, 1.82) is 0 Å². The molecule has 0 spiro atoms. The molecule has 0 aliphatic heterocycles. The molecule has 20 heavy (non-hydrogen) atoms. The Labute approximate surface area is 120 Å². The molecule has 0 saturated carbocycles. The zero-order chi connectivity index (χ0) is 14.7. The van der Waals surface area contributed by atoms with Crippen LogP contribution in [0.15, 0.2) is 28.9 Å². The van der Waals surface area contributed by atoms with Gasteiger partial charge in [0.15, 0.2) is 5.76 Å². The second-order valence-corrected chi connectivity index (χ2v) is 5.11. The summed E-state index contributed by atoms with van der Waals surface area (Å²) in [6.07, 6.45) is 4.30. The normalized spacial score (nSPS) is 10.8. The van der Waals surface area contributed by atoms with Crippen LogP contribution in [0.2, 0.25) is 0 Å². The van der Waals surface area contributed by atoms with Gasteiger partial charge in [0, 0.05) is 5.56 Å². The summed E-state index contributed by atoms with van der Waals surface area (Å²) >= 11 is 0. The van der Waals surface area contributed by atoms with Crippen molar-refractivity contribution >= 4 is 5.78 Å². The van der Waals surface area contributed by atoms with Gasteiger partial charge in [0.05, 0.1) is 6.26 Å². The van der Waals surface area contributed by atoms with Gasteiger partial charge in [-0.05, 0) is 54.5 Å². The highest BCUT2D eigenvalue weighted by Crippen LogP contribution is 2.24. The smallest absolute Gasteiger partial charge is 0.228 e. The molecule has 0 N–H and O–H groups in total. The van der Waals surface area contributed by atoms with Gasteiger partial charge in [-0.2, -0.15) is 0 Å². The summed E-state index contributed by atoms with van der Waals surface area (Å²) in [4.78, 5) is 12.8. The average Bonchev–Trinajstić information content (AvgIpc) is 2.91. The Hall–Kier alpha value is -1.83. The van der Waals surface area contributed by atoms with E-state index in [-0.39, 0.29) is 5.78 Å². The zero-order valence-corrected chi connectivity index (χ0v) is 12.7. The van der Waals surface area contributed by atoms with Gasteiger partial charge >= 0.3 is 0 Å². The first-order chi connectivity index (χ1) is 9.62. The quantitative estimate of drug-likeness (QED) is 0.748. The first-order valence-corrected chi connectivity index (χ1v) is 7.35. The molecule has 0 atom stereocenters. The lowest BCUT2D eigenvalue weighted by Crippen LogP contribution is -2.10. The third-order valence-electron chi connectivity index (χ3n) is 3.83. The summed E-state index contributed by atoms with van der Waals surface area (Å²) in [6, 6.07) is 6.15. The summed E-state index contributed by atoms with van der Waals surface area (Å²) in [7, 11) is 0. The van der Waals surface area contributed by atoms with Crippen molar-refractivity contribution in [3.05, 3.63) is 58.0 Å². The van der Waals surface area contributed by atoms with Gasteiger partial charge in [0.1, 0.15) is 0 Å². The summed E-state index contributed by atoms with van der Waals surface area (Å²) in [6.45, 7) is 8.25. The summed E-state index contributed by atoms with van der Waals surface area (Å²) in [5.41, 5.74) is 5.29. The van der Waals surface area contributed by atoms with Gasteiger partial charge in [-0.1, -0.05) is 32.9 Å². The highest BCUT2D eigenvalue weighted by atomic mass is 16.3. The number of carbonyl (C=O) groups is 1. The Bertz CT molecular complexity index is 595. The Balaban J connectivity index is 2.60. The Morgan fingerprint density at radius 1 is 1.05 bits per heavy atom. The molecule has 1 aromatic heterocycles. The third kappa shape index (κ3) is 2.55. The van der Waals surface area contributed by atoms with Crippen LogP contribution < -0.4 is 0 Å². The maximum absolute atomic E-state index is 12.8. The van der Waals surface area contributed by atoms with Crippen LogP contribution in [0, 0.1) is 6.92 Å². The van der Waals surface area contributed by atoms with Crippen LogP contribution in [-0.2, 0) is 19.3 Å². The van der Waals surface area contributed by atoms with Gasteiger partial charge in [-0.15, -0.1) is 0 Å². The van der Waals surface area contributed by atoms with Gasteiger partial charge in [0.25, 0.3) is 0 Å². The molecule has 0 fully saturated rings. The fourth-order valence-corrected chi connectivity index (χ4v) is 2.61. The maximum atomic E-state index is 12.8. The topological polar surface area (TPSA) is 30.2 Å². The lowest BCUT2D eigenvalue weighted by molar-refractivity contribution is 0.101. The molecule has 0 bridgehead atoms. The van der Waals surface area contributed by atoms with Gasteiger partial charge in [0.2, 0.25) is 5.78 Å². The van der Waals surface area contributed by atoms with E-state index in [0.717, 1.165) is 41.5 Å². The number of benzene rings is 1. The van der Waals surface area contributed by atoms with Gasteiger partial charge in [-0.25, -0.2) is 0 Å². The van der Waals surface area contributed by atoms with E-state index in [1.165, 1.54) is 5.56 Å². The van der Waals surface area contributed by atoms with E-state index in [4.69, 9.17) is 4.42 Å². The summed E-state index contributed by atoms with van der Waals surface area (Å²) in [5, 5.41) is 0. The molecule has 0 aliphatic carbocycles. The van der Waals surface area contributed by atoms with Gasteiger partial charge in [-0.3, -0.25) is 4.79 Å². The van der Waals surface area contributed by atoms with Crippen LogP contribution in [0.3, 0.4) is 0 Å². The van der Waals surface area contributed by atoms with E-state index in [0.29, 0.717) is 5.76 Å². The minimum absolute atomic E-state index is 0.0175. The number of carbonyl (C=O) groups excluding carboxylic acids is 1. The first kappa shape index (κ1) is 14.6. The lowest BCUT2D eigenvalue weighted by Gasteiger charge is -2.14. The molecule has 0 aliphatic rings. The number of hydrogen-bond acceptors (Lipinski definition) is 2. The highest BCUT2D eigenvalue weighted by Gasteiger charge is 2.21. The average molecular weight is 270 g/mol. The Kier molecular flexibility index (Phi) is 4.43. The fourth-order valence-electron chi connectivity index (χ4n) is 2.61. The number of furan rings is 1. The predicted octanol–water partition coefficient (Wildman–Crippen LogP) is 4.51. The maximum Gasteiger partial charge on any atom is 0.228 e. The summed E-state index contributed by atoms with van der Waals surface area (Å²) in [5.74, 6) is 0.488. The van der Waals surface area contributed by atoms with Crippen LogP contribution in [0.1, 0.15) is 59.1 Å². The van der Waals surface area contributed by atoms with Crippen molar-refractivity contribution in [3.8, 4) is 0 Å². The third-order valence-corrected chi connectivity index (χ3v) is 3.83. The van der Waals surface area contributed by atoms with E-state index in [9.17, 15) is 4.79 Å². The standard InChI is InChI=1S/C18H22O2/c1-5-13-10-14(6-2)16(15(7-3)11-13)17(19)18-12(4)8-9-20-18/h8-11H,5-7H2,1-4H3. The van der Waals surface area contributed by atoms with E-state index in [2.05, 4.69) is 32.9 Å². The van der Waals surface area contributed by atoms with Crippen molar-refractivity contribution in [1.82, 2.24) is 0 Å². The van der Waals surface area contributed by atoms with E-state index in [1.54, 1.807) is 6.26 Å². The van der Waals surface area contributed by atoms with Gasteiger partial charge < -0.3 is 4.42 Å². The predicted molar refractivity (Wildman–Crippen MR) is 81.5 cm³/mol. The van der Waals surface area contributed by atoms with E-state index >= 15 is 0 Å². The van der Waals surface area contributed by atoms with Crippen molar-refractivity contribution < 1.29 is 9.21 Å². The SMILES string of the molecule is CCc1cc(CC)c(C(=O)c2occc2C)c(CC)c1. The molecule has 0 saturated heterocycles. The molecule has 0 amide bonds. The van der Waals surface area contributed by atoms with Crippen molar-refractivity contribution in [2.45, 2.75) is 47.0 Å². The second-order valence-electron chi connectivity index (χ2n) is 5.11. The van der Waals surface area contributed by atoms with Crippen molar-refractivity contribution in [3.63, 3.8) is 0 Å². The lowest BCUT2D eigenvalue weighted by atomic mass is 9.90. The van der Waals surface area contributed by atoms with Crippen LogP contribution in [0.4, 0.5) is 0 Å². The highest BCUT2D eigenvalue weighted by molar-refractivity contribution is 6.10. The minimum Gasteiger partial charge on any atom is -0.461 e. The monoisotopic (exact) mass is 270 g/mol. The molecule has 2 aromatic rings. The fraction of sp³-hybridized carbons (Fsp3) is 0.389. The van der Waals surface area contributed by atoms with Crippen molar-refractivity contribution in [2.24, 2.45) is 0 Å². The largest absolute Gasteiger partial charge is 0.461 e. The number of hydrogen-bond donors (Lipinski definition) is 0. The number of aryl methyl sites for hydroxylation is 4. The zero-order valence-electron chi connectivity index (χ0n) is 12.7. The molecule has 0 radical (unpaired) electrons. The molecule has 1 heterocycles. The molecular weight excluding hydrogens is 248 g/mol. The molecular formula is C18H22O2. The van der Waals surface area contributed by atoms with Crippen LogP contribution in [-0.4, -0.2) is 5.78 Å². The number of rotatable bonds is 5.